The number of hydrogen-bond donors (Lipinski definition) is 3. The molecule has 0 aromatic heterocycles. The monoisotopic (exact) mass is 354 g/mol. The fraction of sp³-hybridized carbons (Fsp3) is 0.647. The molecule has 1 aliphatic heterocycles. The highest BCUT2D eigenvalue weighted by Gasteiger charge is 2.48. The van der Waals surface area contributed by atoms with Crippen LogP contribution in [0.2, 0.25) is 0 Å². The summed E-state index contributed by atoms with van der Waals surface area (Å²) in [5.41, 5.74) is -1.45. The van der Waals surface area contributed by atoms with Crippen molar-refractivity contribution in [3.8, 4) is 0 Å². The molecule has 1 saturated carbocycles. The first-order valence-electron chi connectivity index (χ1n) is 8.61. The van der Waals surface area contributed by atoms with Gasteiger partial charge in [-0.2, -0.15) is 4.31 Å². The number of benzene rings is 1. The summed E-state index contributed by atoms with van der Waals surface area (Å²) in [5.74, 6) is 0. The van der Waals surface area contributed by atoms with E-state index >= 15 is 0 Å². The van der Waals surface area contributed by atoms with Crippen LogP contribution in [0.25, 0.3) is 0 Å². The zero-order valence-corrected chi connectivity index (χ0v) is 14.6. The Balaban J connectivity index is 1.67. The minimum absolute atomic E-state index is 0.0833. The van der Waals surface area contributed by atoms with Crippen molar-refractivity contribution in [1.82, 2.24) is 9.62 Å². The molecule has 2 aliphatic rings. The first kappa shape index (κ1) is 17.8. The average Bonchev–Trinajstić information content (AvgIpc) is 2.91. The molecule has 0 radical (unpaired) electrons. The molecule has 1 aromatic carbocycles. The summed E-state index contributed by atoms with van der Waals surface area (Å²) in [4.78, 5) is 0.182. The third kappa shape index (κ3) is 3.65. The van der Waals surface area contributed by atoms with Crippen molar-refractivity contribution in [1.29, 1.82) is 0 Å². The van der Waals surface area contributed by atoms with Crippen LogP contribution in [0.15, 0.2) is 35.2 Å². The molecule has 0 spiro atoms. The van der Waals surface area contributed by atoms with Gasteiger partial charge in [-0.05, 0) is 25.0 Å². The lowest BCUT2D eigenvalue weighted by Gasteiger charge is -2.30. The summed E-state index contributed by atoms with van der Waals surface area (Å²) in [6, 6.07) is 8.47. The Bertz CT molecular complexity index is 646. The van der Waals surface area contributed by atoms with Gasteiger partial charge >= 0.3 is 0 Å². The molecular weight excluding hydrogens is 328 g/mol. The number of hydrogen-bond acceptors (Lipinski definition) is 5. The highest BCUT2D eigenvalue weighted by Crippen LogP contribution is 2.28. The van der Waals surface area contributed by atoms with E-state index in [1.165, 1.54) is 35.7 Å². The zero-order chi connectivity index (χ0) is 17.2. The second kappa shape index (κ2) is 7.09. The SMILES string of the molecule is O=S(=O)(c1ccccc1)N1C[C@@H](O)[C@](O)(CNC2CCCCC2)C1. The van der Waals surface area contributed by atoms with Gasteiger partial charge in [-0.15, -0.1) is 0 Å². The molecule has 2 fully saturated rings. The summed E-state index contributed by atoms with van der Waals surface area (Å²) in [6.45, 7) is 0.0326. The van der Waals surface area contributed by atoms with Crippen molar-refractivity contribution >= 4 is 10.0 Å². The van der Waals surface area contributed by atoms with Gasteiger partial charge in [-0.25, -0.2) is 8.42 Å². The highest BCUT2D eigenvalue weighted by atomic mass is 32.2. The van der Waals surface area contributed by atoms with E-state index < -0.39 is 21.7 Å². The Hall–Kier alpha value is -0.990. The van der Waals surface area contributed by atoms with Crippen LogP contribution in [0.5, 0.6) is 0 Å². The van der Waals surface area contributed by atoms with E-state index in [2.05, 4.69) is 5.32 Å². The molecule has 0 unspecified atom stereocenters. The number of aliphatic hydroxyl groups excluding tert-OH is 1. The predicted molar refractivity (Wildman–Crippen MR) is 91.0 cm³/mol. The Kier molecular flexibility index (Phi) is 5.27. The molecule has 0 bridgehead atoms. The van der Waals surface area contributed by atoms with Crippen LogP contribution < -0.4 is 5.32 Å². The lowest BCUT2D eigenvalue weighted by molar-refractivity contribution is -0.0403. The van der Waals surface area contributed by atoms with Crippen molar-refractivity contribution in [2.75, 3.05) is 19.6 Å². The molecule has 0 amide bonds. The van der Waals surface area contributed by atoms with E-state index in [4.69, 9.17) is 0 Å². The Labute approximate surface area is 143 Å². The topological polar surface area (TPSA) is 89.9 Å². The van der Waals surface area contributed by atoms with Crippen molar-refractivity contribution in [2.45, 2.75) is 54.7 Å². The molecule has 1 aliphatic carbocycles. The fourth-order valence-corrected chi connectivity index (χ4v) is 5.09. The van der Waals surface area contributed by atoms with Crippen molar-refractivity contribution in [3.63, 3.8) is 0 Å². The number of aliphatic hydroxyl groups is 2. The Morgan fingerprint density at radius 3 is 2.50 bits per heavy atom. The number of nitrogens with one attached hydrogen (secondary N) is 1. The number of sulfonamides is 1. The Morgan fingerprint density at radius 1 is 1.17 bits per heavy atom. The molecule has 7 heteroatoms. The van der Waals surface area contributed by atoms with Gasteiger partial charge in [0.15, 0.2) is 0 Å². The van der Waals surface area contributed by atoms with Gasteiger partial charge in [0.05, 0.1) is 11.0 Å². The third-order valence-corrected chi connectivity index (χ3v) is 6.96. The molecule has 134 valence electrons. The van der Waals surface area contributed by atoms with Gasteiger partial charge in [-0.3, -0.25) is 0 Å². The van der Waals surface area contributed by atoms with Gasteiger partial charge in [0.25, 0.3) is 0 Å². The van der Waals surface area contributed by atoms with Crippen molar-refractivity contribution in [3.05, 3.63) is 30.3 Å². The lowest BCUT2D eigenvalue weighted by Crippen LogP contribution is -2.52. The fourth-order valence-electron chi connectivity index (χ4n) is 3.56. The molecule has 6 nitrogen and oxygen atoms in total. The highest BCUT2D eigenvalue weighted by molar-refractivity contribution is 7.89. The standard InChI is InChI=1S/C17H26N2O4S/c20-16-11-19(24(22,23)15-9-5-2-6-10-15)13-17(16,21)12-18-14-7-3-1-4-8-14/h2,5-6,9-10,14,16,18,20-21H,1,3-4,7-8,11-13H2/t16-,17+/m1/s1. The number of rotatable bonds is 5. The smallest absolute Gasteiger partial charge is 0.243 e. The first-order chi connectivity index (χ1) is 11.4. The van der Waals surface area contributed by atoms with Crippen LogP contribution in [-0.2, 0) is 10.0 Å². The number of β-amino-alcohol motifs (C(OH)–C–C–N with tert-alkyl or cyclic N) is 2. The summed E-state index contributed by atoms with van der Waals surface area (Å²) >= 11 is 0. The van der Waals surface area contributed by atoms with E-state index in [1.807, 2.05) is 0 Å². The van der Waals surface area contributed by atoms with Crippen LogP contribution in [-0.4, -0.2) is 60.3 Å². The molecule has 1 saturated heterocycles. The third-order valence-electron chi connectivity index (χ3n) is 5.13. The zero-order valence-electron chi connectivity index (χ0n) is 13.8. The predicted octanol–water partition coefficient (Wildman–Crippen LogP) is 0.705. The van der Waals surface area contributed by atoms with Gasteiger partial charge in [0.2, 0.25) is 10.0 Å². The van der Waals surface area contributed by atoms with Crippen LogP contribution in [0.1, 0.15) is 32.1 Å². The summed E-state index contributed by atoms with van der Waals surface area (Å²) in [5, 5.41) is 24.3. The molecular formula is C17H26N2O4S. The molecule has 1 heterocycles. The maximum absolute atomic E-state index is 12.7. The summed E-state index contributed by atoms with van der Waals surface area (Å²) in [7, 11) is -3.70. The van der Waals surface area contributed by atoms with Crippen LogP contribution >= 0.6 is 0 Å². The minimum atomic E-state index is -3.70. The van der Waals surface area contributed by atoms with Gasteiger partial charge in [-0.1, -0.05) is 37.5 Å². The molecule has 3 rings (SSSR count). The number of nitrogens with zero attached hydrogens (tertiary/aromatic N) is 1. The van der Waals surface area contributed by atoms with Gasteiger partial charge in [0.1, 0.15) is 5.60 Å². The van der Waals surface area contributed by atoms with E-state index in [-0.39, 0.29) is 24.5 Å². The van der Waals surface area contributed by atoms with Crippen molar-refractivity contribution in [2.24, 2.45) is 0 Å². The van der Waals surface area contributed by atoms with Crippen LogP contribution in [0.4, 0.5) is 0 Å². The average molecular weight is 354 g/mol. The molecule has 24 heavy (non-hydrogen) atoms. The quantitative estimate of drug-likeness (QED) is 0.724. The maximum atomic E-state index is 12.7. The van der Waals surface area contributed by atoms with Gasteiger partial charge in [0, 0.05) is 25.7 Å². The van der Waals surface area contributed by atoms with E-state index in [0.29, 0.717) is 6.04 Å². The van der Waals surface area contributed by atoms with Crippen LogP contribution in [0.3, 0.4) is 0 Å². The normalized spacial score (nSPS) is 29.8. The van der Waals surface area contributed by atoms with E-state index in [0.717, 1.165) is 12.8 Å². The summed E-state index contributed by atoms with van der Waals surface area (Å²) in [6.07, 6.45) is 4.64. The molecule has 3 N–H and O–H groups in total. The van der Waals surface area contributed by atoms with E-state index in [1.54, 1.807) is 18.2 Å². The lowest BCUT2D eigenvalue weighted by atomic mass is 9.94. The maximum Gasteiger partial charge on any atom is 0.243 e. The summed E-state index contributed by atoms with van der Waals surface area (Å²) < 4.78 is 26.5. The largest absolute Gasteiger partial charge is 0.389 e. The molecule has 1 aromatic rings. The second-order valence-corrected chi connectivity index (χ2v) is 8.88. The Morgan fingerprint density at radius 2 is 1.83 bits per heavy atom. The first-order valence-corrected chi connectivity index (χ1v) is 10.0. The van der Waals surface area contributed by atoms with Gasteiger partial charge < -0.3 is 15.5 Å². The van der Waals surface area contributed by atoms with E-state index in [9.17, 15) is 18.6 Å². The second-order valence-electron chi connectivity index (χ2n) is 6.95. The minimum Gasteiger partial charge on any atom is -0.389 e. The molecule has 2 atom stereocenters. The van der Waals surface area contributed by atoms with Crippen LogP contribution in [0, 0.1) is 0 Å². The van der Waals surface area contributed by atoms with Crippen molar-refractivity contribution < 1.29 is 18.6 Å².